The number of primary amides is 1. The molecule has 33 heavy (non-hydrogen) atoms. The number of ether oxygens (including phenoxy) is 1. The van der Waals surface area contributed by atoms with E-state index in [1.165, 1.54) is 17.5 Å². The molecule has 176 valence electrons. The number of aliphatic hydroxyl groups excluding tert-OH is 1. The number of nitrogens with two attached hydrogens (primary N) is 1. The highest BCUT2D eigenvalue weighted by atomic mass is 32.1. The molecule has 2 amide bonds. The van der Waals surface area contributed by atoms with Crippen molar-refractivity contribution in [3.63, 3.8) is 0 Å². The summed E-state index contributed by atoms with van der Waals surface area (Å²) >= 11 is 1.52. The van der Waals surface area contributed by atoms with Gasteiger partial charge < -0.3 is 20.9 Å². The molecule has 0 aliphatic heterocycles. The van der Waals surface area contributed by atoms with Crippen LogP contribution in [0.15, 0.2) is 48.0 Å². The van der Waals surface area contributed by atoms with Gasteiger partial charge >= 0.3 is 6.09 Å². The highest BCUT2D eigenvalue weighted by Crippen LogP contribution is 2.21. The lowest BCUT2D eigenvalue weighted by molar-refractivity contribution is -0.123. The predicted molar refractivity (Wildman–Crippen MR) is 128 cm³/mol. The van der Waals surface area contributed by atoms with Gasteiger partial charge in [0, 0.05) is 17.2 Å². The topological polar surface area (TPSA) is 127 Å². The maximum Gasteiger partial charge on any atom is 0.414 e. The molecule has 2 heterocycles. The van der Waals surface area contributed by atoms with Crippen molar-refractivity contribution in [2.75, 3.05) is 0 Å². The van der Waals surface area contributed by atoms with Crippen LogP contribution in [-0.2, 0) is 11.2 Å². The van der Waals surface area contributed by atoms with Gasteiger partial charge in [-0.1, -0.05) is 38.5 Å². The smallest absolute Gasteiger partial charge is 0.391 e. The molecule has 0 bridgehead atoms. The Morgan fingerprint density at radius 3 is 2.58 bits per heavy atom. The molecule has 2 aromatic heterocycles. The van der Waals surface area contributed by atoms with E-state index in [-0.39, 0.29) is 12.3 Å². The molecule has 0 aliphatic rings. The molecular weight excluding hydrogens is 440 g/mol. The van der Waals surface area contributed by atoms with E-state index in [0.29, 0.717) is 29.8 Å². The van der Waals surface area contributed by atoms with E-state index in [1.807, 2.05) is 35.7 Å². The highest BCUT2D eigenvalue weighted by Gasteiger charge is 2.28. The standard InChI is InChI=1S/C24H30N4O4S/c1-15(2)9-10-16(23(25)30)12-21(29)20(13-17-6-5-11-33-17)28-24(31)32-22-14-26-18-7-3-4-8-19(18)27-22/h3-8,11,14-16,20-21,29H,9-10,12-13H2,1-2H3,(H2,25,30)(H,28,31)/t16-,20+,21+/m1/s1. The van der Waals surface area contributed by atoms with Crippen LogP contribution in [-0.4, -0.2) is 39.2 Å². The van der Waals surface area contributed by atoms with E-state index in [2.05, 4.69) is 29.1 Å². The Morgan fingerprint density at radius 1 is 1.15 bits per heavy atom. The first-order valence-electron chi connectivity index (χ1n) is 11.0. The Morgan fingerprint density at radius 2 is 1.91 bits per heavy atom. The molecule has 1 aromatic carbocycles. The minimum Gasteiger partial charge on any atom is -0.391 e. The maximum atomic E-state index is 12.6. The zero-order valence-corrected chi connectivity index (χ0v) is 19.6. The Labute approximate surface area is 197 Å². The van der Waals surface area contributed by atoms with Crippen LogP contribution in [0.1, 0.15) is 38.0 Å². The Hall–Kier alpha value is -3.04. The SMILES string of the molecule is CC(C)CC[C@H](C[C@H](O)[C@H](Cc1cccs1)NC(=O)Oc1cnc2ccccc2n1)C(N)=O. The quantitative estimate of drug-likeness (QED) is 0.392. The molecule has 0 saturated heterocycles. The number of para-hydroxylation sites is 2. The van der Waals surface area contributed by atoms with E-state index in [0.717, 1.165) is 11.3 Å². The van der Waals surface area contributed by atoms with Gasteiger partial charge in [-0.15, -0.1) is 11.3 Å². The number of fused-ring (bicyclic) bond motifs is 1. The number of thiophene rings is 1. The Kier molecular flexibility index (Phi) is 8.73. The van der Waals surface area contributed by atoms with Crippen molar-refractivity contribution >= 4 is 34.4 Å². The van der Waals surface area contributed by atoms with E-state index in [4.69, 9.17) is 10.5 Å². The van der Waals surface area contributed by atoms with E-state index >= 15 is 0 Å². The summed E-state index contributed by atoms with van der Waals surface area (Å²) in [5, 5.41) is 15.6. The zero-order valence-electron chi connectivity index (χ0n) is 18.8. The van der Waals surface area contributed by atoms with Gasteiger partial charge in [-0.2, -0.15) is 0 Å². The molecule has 0 spiro atoms. The summed E-state index contributed by atoms with van der Waals surface area (Å²) in [7, 11) is 0. The molecule has 3 rings (SSSR count). The van der Waals surface area contributed by atoms with Crippen LogP contribution in [0.25, 0.3) is 11.0 Å². The summed E-state index contributed by atoms with van der Waals surface area (Å²) in [6.45, 7) is 4.14. The number of nitrogens with one attached hydrogen (secondary N) is 1. The average molecular weight is 471 g/mol. The van der Waals surface area contributed by atoms with E-state index in [9.17, 15) is 14.7 Å². The molecular formula is C24H30N4O4S. The Bertz CT molecular complexity index is 1060. The average Bonchev–Trinajstić information content (AvgIpc) is 3.28. The lowest BCUT2D eigenvalue weighted by atomic mass is 9.89. The van der Waals surface area contributed by atoms with Gasteiger partial charge in [0.05, 0.1) is 29.4 Å². The van der Waals surface area contributed by atoms with E-state index in [1.54, 1.807) is 6.07 Å². The number of nitrogens with zero attached hydrogens (tertiary/aromatic N) is 2. The lowest BCUT2D eigenvalue weighted by Gasteiger charge is -2.26. The fourth-order valence-electron chi connectivity index (χ4n) is 3.56. The third kappa shape index (κ3) is 7.50. The van der Waals surface area contributed by atoms with Crippen molar-refractivity contribution in [3.05, 3.63) is 52.9 Å². The molecule has 0 fully saturated rings. The molecule has 3 atom stereocenters. The van der Waals surface area contributed by atoms with Crippen LogP contribution in [0.2, 0.25) is 0 Å². The van der Waals surface area contributed by atoms with Crippen molar-refractivity contribution in [2.24, 2.45) is 17.6 Å². The van der Waals surface area contributed by atoms with Gasteiger partial charge in [0.25, 0.3) is 0 Å². The minimum atomic E-state index is -0.980. The fraction of sp³-hybridized carbons (Fsp3) is 0.417. The summed E-state index contributed by atoms with van der Waals surface area (Å²) < 4.78 is 5.33. The minimum absolute atomic E-state index is 0.0579. The zero-order chi connectivity index (χ0) is 23.8. The first-order valence-corrected chi connectivity index (χ1v) is 11.9. The van der Waals surface area contributed by atoms with Gasteiger partial charge in [0.1, 0.15) is 0 Å². The highest BCUT2D eigenvalue weighted by molar-refractivity contribution is 7.09. The largest absolute Gasteiger partial charge is 0.414 e. The van der Waals surface area contributed by atoms with Gasteiger partial charge in [-0.25, -0.2) is 14.8 Å². The normalized spacial score (nSPS) is 14.1. The second kappa shape index (κ2) is 11.7. The van der Waals surface area contributed by atoms with Gasteiger partial charge in [0.2, 0.25) is 11.8 Å². The van der Waals surface area contributed by atoms with Crippen LogP contribution in [0.3, 0.4) is 0 Å². The number of carbonyl (C=O) groups is 2. The Balaban J connectivity index is 1.69. The van der Waals surface area contributed by atoms with Gasteiger partial charge in [-0.3, -0.25) is 4.79 Å². The molecule has 0 unspecified atom stereocenters. The number of amides is 2. The maximum absolute atomic E-state index is 12.6. The first-order chi connectivity index (χ1) is 15.8. The number of aromatic nitrogens is 2. The molecule has 8 nitrogen and oxygen atoms in total. The van der Waals surface area contributed by atoms with Gasteiger partial charge in [0.15, 0.2) is 0 Å². The van der Waals surface area contributed by atoms with Crippen molar-refractivity contribution in [1.82, 2.24) is 15.3 Å². The summed E-state index contributed by atoms with van der Waals surface area (Å²) in [5.41, 5.74) is 6.88. The van der Waals surface area contributed by atoms with Crippen LogP contribution < -0.4 is 15.8 Å². The van der Waals surface area contributed by atoms with E-state index < -0.39 is 30.1 Å². The van der Waals surface area contributed by atoms with Crippen LogP contribution in [0.5, 0.6) is 5.88 Å². The summed E-state index contributed by atoms with van der Waals surface area (Å²) in [6.07, 6.45) is 1.62. The van der Waals surface area contributed by atoms with Crippen molar-refractivity contribution < 1.29 is 19.4 Å². The number of benzene rings is 1. The molecule has 4 N–H and O–H groups in total. The fourth-order valence-corrected chi connectivity index (χ4v) is 4.33. The second-order valence-electron chi connectivity index (χ2n) is 8.49. The molecule has 0 radical (unpaired) electrons. The first kappa shape index (κ1) is 24.6. The monoisotopic (exact) mass is 470 g/mol. The summed E-state index contributed by atoms with van der Waals surface area (Å²) in [6, 6.07) is 10.4. The lowest BCUT2D eigenvalue weighted by Crippen LogP contribution is -2.47. The van der Waals surface area contributed by atoms with Gasteiger partial charge in [-0.05, 0) is 42.3 Å². The molecule has 3 aromatic rings. The molecule has 9 heteroatoms. The number of aliphatic hydroxyl groups is 1. The second-order valence-corrected chi connectivity index (χ2v) is 9.53. The van der Waals surface area contributed by atoms with Crippen LogP contribution >= 0.6 is 11.3 Å². The predicted octanol–water partition coefficient (Wildman–Crippen LogP) is 3.68. The van der Waals surface area contributed by atoms with Crippen molar-refractivity contribution in [3.8, 4) is 5.88 Å². The number of carbonyl (C=O) groups excluding carboxylic acids is 2. The summed E-state index contributed by atoms with van der Waals surface area (Å²) in [5.74, 6) is -0.444. The number of hydrogen-bond acceptors (Lipinski definition) is 7. The third-order valence-electron chi connectivity index (χ3n) is 5.41. The van der Waals surface area contributed by atoms with Crippen LogP contribution in [0.4, 0.5) is 4.79 Å². The van der Waals surface area contributed by atoms with Crippen molar-refractivity contribution in [1.29, 1.82) is 0 Å². The molecule has 0 aliphatic carbocycles. The number of hydrogen-bond donors (Lipinski definition) is 3. The van der Waals surface area contributed by atoms with Crippen molar-refractivity contribution in [2.45, 2.75) is 51.7 Å². The third-order valence-corrected chi connectivity index (χ3v) is 6.31. The summed E-state index contributed by atoms with van der Waals surface area (Å²) in [4.78, 5) is 34.1. The number of rotatable bonds is 11. The van der Waals surface area contributed by atoms with Crippen LogP contribution in [0, 0.1) is 11.8 Å². The molecule has 0 saturated carbocycles.